The first-order valence-electron chi connectivity index (χ1n) is 3.00. The quantitative estimate of drug-likeness (QED) is 0.399. The van der Waals surface area contributed by atoms with Crippen molar-refractivity contribution in [1.82, 2.24) is 0 Å². The number of rotatable bonds is 0. The van der Waals surface area contributed by atoms with Gasteiger partial charge < -0.3 is 26.7 Å². The Bertz CT molecular complexity index is 20.3. The second-order valence-electron chi connectivity index (χ2n) is 3.00. The standard InChI is InChI=1S/2C4H9.2CH3.Ti/c2*1-4(2)3;;;/h2*1-3H3;2*1H3;/q4*-1;+4. The molecule has 0 unspecified atom stereocenters. The van der Waals surface area contributed by atoms with Gasteiger partial charge in [-0.3, -0.25) is 0 Å². The SMILES string of the molecule is C[C-](C)C.C[C-](C)C.[CH3-].[CH3-].[Ti+4]. The molecule has 0 aromatic heterocycles. The summed E-state index contributed by atoms with van der Waals surface area (Å²) in [7, 11) is 0. The van der Waals surface area contributed by atoms with Crippen molar-refractivity contribution in [2.24, 2.45) is 0 Å². The van der Waals surface area contributed by atoms with Gasteiger partial charge in [0, 0.05) is 0 Å². The molecule has 11 heavy (non-hydrogen) atoms. The van der Waals surface area contributed by atoms with Crippen LogP contribution in [0.25, 0.3) is 0 Å². The molecule has 0 rings (SSSR count). The van der Waals surface area contributed by atoms with Crippen LogP contribution in [0.3, 0.4) is 0 Å². The second-order valence-corrected chi connectivity index (χ2v) is 3.00. The maximum absolute atomic E-state index is 2.08. The predicted molar refractivity (Wildman–Crippen MR) is 53.4 cm³/mol. The summed E-state index contributed by atoms with van der Waals surface area (Å²) in [6.45, 7) is 12.5. The summed E-state index contributed by atoms with van der Waals surface area (Å²) in [6.07, 6.45) is 0. The minimum absolute atomic E-state index is 0. The van der Waals surface area contributed by atoms with Gasteiger partial charge in [-0.1, -0.05) is 0 Å². The second kappa shape index (κ2) is 22.4. The summed E-state index contributed by atoms with van der Waals surface area (Å²) in [5.41, 5.74) is 0. The molecule has 0 nitrogen and oxygen atoms in total. The third-order valence-corrected chi connectivity index (χ3v) is 0. The Labute approximate surface area is 90.0 Å². The van der Waals surface area contributed by atoms with Crippen molar-refractivity contribution in [3.63, 3.8) is 0 Å². The van der Waals surface area contributed by atoms with Crippen molar-refractivity contribution < 1.29 is 21.7 Å². The molecule has 0 fully saturated rings. The summed E-state index contributed by atoms with van der Waals surface area (Å²) in [4.78, 5) is 0. The van der Waals surface area contributed by atoms with E-state index in [4.69, 9.17) is 0 Å². The average Bonchev–Trinajstić information content (AvgIpc) is 1.25. The van der Waals surface area contributed by atoms with Gasteiger partial charge in [-0.25, -0.2) is 0 Å². The maximum Gasteiger partial charge on any atom is 4.00 e. The van der Waals surface area contributed by atoms with E-state index in [-0.39, 0.29) is 36.6 Å². The molecule has 0 spiro atoms. The van der Waals surface area contributed by atoms with Gasteiger partial charge in [0.15, 0.2) is 0 Å². The third-order valence-electron chi connectivity index (χ3n) is 0. The Balaban J connectivity index is -0.0000000171. The molecule has 0 aromatic carbocycles. The van der Waals surface area contributed by atoms with Crippen LogP contribution in [0, 0.1) is 26.7 Å². The molecule has 1 heteroatoms. The molecule has 0 aliphatic heterocycles. The topological polar surface area (TPSA) is 0 Å². The molecule has 68 valence electrons. The molecule has 0 aliphatic carbocycles. The molecule has 0 bridgehead atoms. The summed E-state index contributed by atoms with van der Waals surface area (Å²) in [5, 5.41) is 0. The van der Waals surface area contributed by atoms with Gasteiger partial charge in [-0.2, -0.15) is 41.5 Å². The normalized spacial score (nSPS) is 6.55. The van der Waals surface area contributed by atoms with Crippen molar-refractivity contribution in [2.45, 2.75) is 41.5 Å². The fourth-order valence-electron chi connectivity index (χ4n) is 0. The Morgan fingerprint density at radius 3 is 0.545 bits per heavy atom. The molecular weight excluding hydrogens is 168 g/mol. The summed E-state index contributed by atoms with van der Waals surface area (Å²) in [6, 6.07) is 0. The molecule has 0 heterocycles. The van der Waals surface area contributed by atoms with Crippen LogP contribution in [0.4, 0.5) is 0 Å². The van der Waals surface area contributed by atoms with Crippen LogP contribution in [0.2, 0.25) is 0 Å². The van der Waals surface area contributed by atoms with E-state index in [1.165, 1.54) is 11.8 Å². The molecule has 0 radical (unpaired) electrons. The van der Waals surface area contributed by atoms with Crippen LogP contribution in [-0.4, -0.2) is 0 Å². The van der Waals surface area contributed by atoms with Crippen LogP contribution in [0.1, 0.15) is 41.5 Å². The van der Waals surface area contributed by atoms with E-state index in [0.29, 0.717) is 0 Å². The first-order chi connectivity index (χ1) is 3.46. The van der Waals surface area contributed by atoms with E-state index in [0.717, 1.165) is 0 Å². The minimum atomic E-state index is 0. The van der Waals surface area contributed by atoms with Crippen molar-refractivity contribution in [1.29, 1.82) is 0 Å². The molecule has 0 saturated heterocycles. The first kappa shape index (κ1) is 29.8. The van der Waals surface area contributed by atoms with Gasteiger partial charge in [0.2, 0.25) is 0 Å². The zero-order chi connectivity index (χ0) is 7.15. The largest absolute Gasteiger partial charge is 4.00 e. The maximum atomic E-state index is 2.08. The van der Waals surface area contributed by atoms with Crippen LogP contribution >= 0.6 is 0 Å². The Hall–Kier alpha value is 0.714. The van der Waals surface area contributed by atoms with Gasteiger partial charge >= 0.3 is 21.7 Å². The van der Waals surface area contributed by atoms with Crippen molar-refractivity contribution in [3.05, 3.63) is 26.7 Å². The Morgan fingerprint density at radius 2 is 0.545 bits per heavy atom. The minimum Gasteiger partial charge on any atom is -0.358 e. The monoisotopic (exact) mass is 192 g/mol. The first-order valence-corrected chi connectivity index (χ1v) is 3.00. The van der Waals surface area contributed by atoms with Crippen LogP contribution in [0.15, 0.2) is 0 Å². The number of hydrogen-bond acceptors (Lipinski definition) is 0. The molecule has 0 atom stereocenters. The van der Waals surface area contributed by atoms with Gasteiger partial charge in [-0.05, 0) is 0 Å². The van der Waals surface area contributed by atoms with Crippen LogP contribution in [0.5, 0.6) is 0 Å². The summed E-state index contributed by atoms with van der Waals surface area (Å²) in [5.74, 6) is 2.83. The van der Waals surface area contributed by atoms with E-state index in [1.807, 2.05) is 0 Å². The van der Waals surface area contributed by atoms with Gasteiger partial charge in [-0.15, -0.1) is 0 Å². The van der Waals surface area contributed by atoms with Crippen molar-refractivity contribution in [2.75, 3.05) is 0 Å². The van der Waals surface area contributed by atoms with Crippen molar-refractivity contribution >= 4 is 0 Å². The number of hydrogen-bond donors (Lipinski definition) is 0. The van der Waals surface area contributed by atoms with E-state index >= 15 is 0 Å². The predicted octanol–water partition coefficient (Wildman–Crippen LogP) is 4.14. The fraction of sp³-hybridized carbons (Fsp3) is 0.600. The third kappa shape index (κ3) is 1590. The molecule has 0 aliphatic rings. The molecule has 0 aromatic rings. The fourth-order valence-corrected chi connectivity index (χ4v) is 0. The molecule has 0 N–H and O–H groups in total. The van der Waals surface area contributed by atoms with Crippen LogP contribution < -0.4 is 0 Å². The van der Waals surface area contributed by atoms with Gasteiger partial charge in [0.05, 0.1) is 0 Å². The van der Waals surface area contributed by atoms with Crippen LogP contribution in [-0.2, 0) is 21.7 Å². The van der Waals surface area contributed by atoms with E-state index in [9.17, 15) is 0 Å². The van der Waals surface area contributed by atoms with Gasteiger partial charge in [0.1, 0.15) is 0 Å². The zero-order valence-electron chi connectivity index (χ0n) is 9.50. The molecule has 0 amide bonds. The van der Waals surface area contributed by atoms with E-state index < -0.39 is 0 Å². The van der Waals surface area contributed by atoms with E-state index in [1.54, 1.807) is 0 Å². The van der Waals surface area contributed by atoms with E-state index in [2.05, 4.69) is 41.5 Å². The zero-order valence-corrected chi connectivity index (χ0v) is 11.1. The Morgan fingerprint density at radius 1 is 0.545 bits per heavy atom. The van der Waals surface area contributed by atoms with Crippen molar-refractivity contribution in [3.8, 4) is 0 Å². The molecule has 0 saturated carbocycles. The molecular formula is C10H24Ti. The summed E-state index contributed by atoms with van der Waals surface area (Å²) >= 11 is 0. The van der Waals surface area contributed by atoms with Gasteiger partial charge in [0.25, 0.3) is 0 Å². The Kier molecular flexibility index (Phi) is 60.8. The smallest absolute Gasteiger partial charge is 0.358 e. The average molecular weight is 192 g/mol. The summed E-state index contributed by atoms with van der Waals surface area (Å²) < 4.78 is 0.